The largest absolute Gasteiger partial charge is 0.505 e. The second kappa shape index (κ2) is 5.28. The lowest BCUT2D eigenvalue weighted by Crippen LogP contribution is -2.08. The zero-order chi connectivity index (χ0) is 17.0. The normalized spacial score (nSPS) is 14.1. The molecule has 124 valence electrons. The highest BCUT2D eigenvalue weighted by molar-refractivity contribution is 6.07. The van der Waals surface area contributed by atoms with Crippen LogP contribution in [0.5, 0.6) is 5.75 Å². The maximum atomic E-state index is 13.9. The zero-order valence-electron chi connectivity index (χ0n) is 13.5. The summed E-state index contributed by atoms with van der Waals surface area (Å²) in [6, 6.07) is 8.47. The SMILES string of the molecule is Oc1ccc(-c2nc3ccc4[nH]ncc4c3c3c2CCCC3)cc1F. The van der Waals surface area contributed by atoms with Crippen LogP contribution in [0.4, 0.5) is 4.39 Å². The van der Waals surface area contributed by atoms with Gasteiger partial charge in [0.2, 0.25) is 0 Å². The van der Waals surface area contributed by atoms with E-state index in [0.717, 1.165) is 53.2 Å². The minimum Gasteiger partial charge on any atom is -0.505 e. The van der Waals surface area contributed by atoms with Crippen molar-refractivity contribution in [3.63, 3.8) is 0 Å². The van der Waals surface area contributed by atoms with Crippen molar-refractivity contribution >= 4 is 21.8 Å². The number of aromatic hydroxyl groups is 1. The zero-order valence-corrected chi connectivity index (χ0v) is 13.5. The van der Waals surface area contributed by atoms with Crippen molar-refractivity contribution in [2.45, 2.75) is 25.7 Å². The molecule has 1 aliphatic carbocycles. The Balaban J connectivity index is 1.88. The number of aromatic amines is 1. The average molecular weight is 333 g/mol. The van der Waals surface area contributed by atoms with Gasteiger partial charge in [0.05, 0.1) is 22.9 Å². The summed E-state index contributed by atoms with van der Waals surface area (Å²) in [6.07, 6.45) is 6.03. The van der Waals surface area contributed by atoms with Gasteiger partial charge in [-0.25, -0.2) is 9.37 Å². The molecule has 0 bridgehead atoms. The van der Waals surface area contributed by atoms with Crippen molar-refractivity contribution < 1.29 is 9.50 Å². The fourth-order valence-electron chi connectivity index (χ4n) is 3.94. The predicted molar refractivity (Wildman–Crippen MR) is 95.1 cm³/mol. The number of pyridine rings is 1. The predicted octanol–water partition coefficient (Wildman–Crippen LogP) is 4.50. The number of rotatable bonds is 1. The highest BCUT2D eigenvalue weighted by atomic mass is 19.1. The molecule has 0 saturated heterocycles. The molecule has 0 fully saturated rings. The number of nitrogens with zero attached hydrogens (tertiary/aromatic N) is 2. The van der Waals surface area contributed by atoms with Crippen molar-refractivity contribution in [2.24, 2.45) is 0 Å². The first kappa shape index (κ1) is 14.4. The van der Waals surface area contributed by atoms with Gasteiger partial charge in [-0.15, -0.1) is 0 Å². The molecule has 4 nitrogen and oxygen atoms in total. The van der Waals surface area contributed by atoms with Crippen LogP contribution in [0.3, 0.4) is 0 Å². The lowest BCUT2D eigenvalue weighted by atomic mass is 9.85. The second-order valence-corrected chi connectivity index (χ2v) is 6.58. The number of hydrogen-bond acceptors (Lipinski definition) is 3. The van der Waals surface area contributed by atoms with Crippen molar-refractivity contribution in [1.29, 1.82) is 0 Å². The van der Waals surface area contributed by atoms with Crippen LogP contribution in [0.25, 0.3) is 33.1 Å². The van der Waals surface area contributed by atoms with E-state index in [1.54, 1.807) is 6.07 Å². The molecule has 2 heterocycles. The lowest BCUT2D eigenvalue weighted by Gasteiger charge is -2.21. The van der Waals surface area contributed by atoms with Crippen LogP contribution in [0.15, 0.2) is 36.5 Å². The minimum absolute atomic E-state index is 0.335. The maximum absolute atomic E-state index is 13.9. The molecule has 0 radical (unpaired) electrons. The number of aromatic nitrogens is 3. The van der Waals surface area contributed by atoms with Gasteiger partial charge in [0.15, 0.2) is 11.6 Å². The van der Waals surface area contributed by atoms with E-state index in [-0.39, 0.29) is 5.75 Å². The summed E-state index contributed by atoms with van der Waals surface area (Å²) < 4.78 is 13.9. The van der Waals surface area contributed by atoms with Crippen LogP contribution in [0.2, 0.25) is 0 Å². The van der Waals surface area contributed by atoms with Gasteiger partial charge in [0.25, 0.3) is 0 Å². The maximum Gasteiger partial charge on any atom is 0.165 e. The summed E-state index contributed by atoms with van der Waals surface area (Å²) in [5.74, 6) is -0.951. The Labute approximate surface area is 143 Å². The van der Waals surface area contributed by atoms with E-state index in [0.29, 0.717) is 5.56 Å². The smallest absolute Gasteiger partial charge is 0.165 e. The molecule has 0 saturated carbocycles. The first-order valence-electron chi connectivity index (χ1n) is 8.49. The molecule has 25 heavy (non-hydrogen) atoms. The average Bonchev–Trinajstić information content (AvgIpc) is 3.12. The first-order valence-corrected chi connectivity index (χ1v) is 8.49. The molecule has 0 spiro atoms. The summed E-state index contributed by atoms with van der Waals surface area (Å²) in [5, 5.41) is 18.9. The first-order chi connectivity index (χ1) is 12.2. The van der Waals surface area contributed by atoms with Gasteiger partial charge >= 0.3 is 0 Å². The molecular formula is C20H16FN3O. The number of nitrogens with one attached hydrogen (secondary N) is 1. The number of phenols is 1. The van der Waals surface area contributed by atoms with Crippen LogP contribution < -0.4 is 0 Å². The van der Waals surface area contributed by atoms with Crippen molar-refractivity contribution in [3.8, 4) is 17.0 Å². The van der Waals surface area contributed by atoms with Crippen molar-refractivity contribution in [1.82, 2.24) is 15.2 Å². The molecule has 0 atom stereocenters. The molecule has 4 aromatic rings. The highest BCUT2D eigenvalue weighted by Gasteiger charge is 2.21. The Morgan fingerprint density at radius 3 is 2.72 bits per heavy atom. The third-order valence-corrected chi connectivity index (χ3v) is 5.11. The summed E-state index contributed by atoms with van der Waals surface area (Å²) in [4.78, 5) is 4.87. The third-order valence-electron chi connectivity index (χ3n) is 5.11. The molecule has 0 aliphatic heterocycles. The molecule has 0 unspecified atom stereocenters. The Bertz CT molecular complexity index is 1130. The Morgan fingerprint density at radius 1 is 1.04 bits per heavy atom. The molecule has 2 aromatic heterocycles. The number of phenolic OH excluding ortho intramolecular Hbond substituents is 1. The van der Waals surface area contributed by atoms with Gasteiger partial charge in [-0.1, -0.05) is 0 Å². The second-order valence-electron chi connectivity index (χ2n) is 6.58. The van der Waals surface area contributed by atoms with Crippen LogP contribution in [-0.2, 0) is 12.8 Å². The van der Waals surface area contributed by atoms with E-state index in [4.69, 9.17) is 4.98 Å². The number of H-pyrrole nitrogens is 1. The summed E-state index contributed by atoms with van der Waals surface area (Å²) in [5.41, 5.74) is 5.93. The van der Waals surface area contributed by atoms with Gasteiger partial charge in [-0.2, -0.15) is 5.10 Å². The van der Waals surface area contributed by atoms with E-state index in [1.165, 1.54) is 23.3 Å². The van der Waals surface area contributed by atoms with Gasteiger partial charge in [0.1, 0.15) is 0 Å². The standard InChI is InChI=1S/C20H16FN3O/c21-15-9-11(5-8-18(15)25)20-13-4-2-1-3-12(13)19-14-10-22-24-16(14)6-7-17(19)23-20/h5-10,25H,1-4H2,(H,22,24). The van der Waals surface area contributed by atoms with Crippen LogP contribution in [0.1, 0.15) is 24.0 Å². The van der Waals surface area contributed by atoms with Crippen LogP contribution in [0, 0.1) is 5.82 Å². The van der Waals surface area contributed by atoms with E-state index in [2.05, 4.69) is 10.2 Å². The van der Waals surface area contributed by atoms with Gasteiger partial charge in [0, 0.05) is 16.3 Å². The summed E-state index contributed by atoms with van der Waals surface area (Å²) in [7, 11) is 0. The third kappa shape index (κ3) is 2.12. The van der Waals surface area contributed by atoms with Gasteiger partial charge in [-0.05, 0) is 67.1 Å². The van der Waals surface area contributed by atoms with Gasteiger partial charge < -0.3 is 5.11 Å². The highest BCUT2D eigenvalue weighted by Crippen LogP contribution is 2.38. The fraction of sp³-hybridized carbons (Fsp3) is 0.200. The molecule has 1 aliphatic rings. The number of aryl methyl sites for hydroxylation is 1. The molecule has 5 rings (SSSR count). The molecule has 5 heteroatoms. The van der Waals surface area contributed by atoms with Crippen molar-refractivity contribution in [3.05, 3.63) is 53.5 Å². The summed E-state index contributed by atoms with van der Waals surface area (Å²) in [6.45, 7) is 0. The van der Waals surface area contributed by atoms with Gasteiger partial charge in [-0.3, -0.25) is 5.10 Å². The quantitative estimate of drug-likeness (QED) is 0.539. The topological polar surface area (TPSA) is 61.8 Å². The molecule has 2 N–H and O–H groups in total. The van der Waals surface area contributed by atoms with E-state index in [1.807, 2.05) is 18.3 Å². The number of hydrogen-bond donors (Lipinski definition) is 2. The minimum atomic E-state index is -0.616. The Kier molecular flexibility index (Phi) is 3.04. The number of halogens is 1. The van der Waals surface area contributed by atoms with Crippen LogP contribution in [-0.4, -0.2) is 20.3 Å². The van der Waals surface area contributed by atoms with E-state index in [9.17, 15) is 9.50 Å². The Hall–Kier alpha value is -2.95. The number of benzene rings is 2. The lowest BCUT2D eigenvalue weighted by molar-refractivity contribution is 0.432. The molecule has 0 amide bonds. The van der Waals surface area contributed by atoms with Crippen LogP contribution >= 0.6 is 0 Å². The molecule has 2 aromatic carbocycles. The monoisotopic (exact) mass is 333 g/mol. The summed E-state index contributed by atoms with van der Waals surface area (Å²) >= 11 is 0. The van der Waals surface area contributed by atoms with E-state index >= 15 is 0 Å². The molecular weight excluding hydrogens is 317 g/mol. The Morgan fingerprint density at radius 2 is 1.88 bits per heavy atom. The number of fused-ring (bicyclic) bond motifs is 5. The fourth-order valence-corrected chi connectivity index (χ4v) is 3.94. The van der Waals surface area contributed by atoms with Crippen molar-refractivity contribution in [2.75, 3.05) is 0 Å². The van der Waals surface area contributed by atoms with E-state index < -0.39 is 5.82 Å².